The van der Waals surface area contributed by atoms with Gasteiger partial charge in [0.05, 0.1) is 10.6 Å². The summed E-state index contributed by atoms with van der Waals surface area (Å²) in [6.45, 7) is 0.697. The topological polar surface area (TPSA) is 141 Å². The zero-order valence-corrected chi connectivity index (χ0v) is 20.5. The van der Waals surface area contributed by atoms with Crippen LogP contribution in [0.1, 0.15) is 25.6 Å². The predicted molar refractivity (Wildman–Crippen MR) is 142 cm³/mol. The van der Waals surface area contributed by atoms with Gasteiger partial charge in [-0.3, -0.25) is 9.59 Å². The first-order valence-electron chi connectivity index (χ1n) is 10.7. The van der Waals surface area contributed by atoms with E-state index in [-0.39, 0.29) is 35.4 Å². The van der Waals surface area contributed by atoms with Crippen LogP contribution in [0.15, 0.2) is 72.1 Å². The highest BCUT2D eigenvalue weighted by Crippen LogP contribution is 2.35. The van der Waals surface area contributed by atoms with Crippen LogP contribution >= 0.6 is 23.7 Å². The molecule has 0 fully saturated rings. The summed E-state index contributed by atoms with van der Waals surface area (Å²) in [6, 6.07) is 20.7. The lowest BCUT2D eigenvalue weighted by Crippen LogP contribution is -2.28. The summed E-state index contributed by atoms with van der Waals surface area (Å²) >= 11 is 1.27. The van der Waals surface area contributed by atoms with E-state index in [1.165, 1.54) is 17.4 Å². The number of anilines is 1. The van der Waals surface area contributed by atoms with E-state index in [1.807, 2.05) is 0 Å². The molecule has 2 heterocycles. The molecule has 0 bridgehead atoms. The fourth-order valence-electron chi connectivity index (χ4n) is 3.47. The number of thiophene rings is 1. The van der Waals surface area contributed by atoms with Crippen molar-refractivity contribution in [2.75, 3.05) is 18.4 Å². The minimum absolute atomic E-state index is 0. The van der Waals surface area contributed by atoms with E-state index in [1.54, 1.807) is 66.0 Å². The van der Waals surface area contributed by atoms with Crippen LogP contribution in [-0.2, 0) is 0 Å². The molecule has 0 radical (unpaired) electrons. The third kappa shape index (κ3) is 5.70. The molecule has 4 rings (SSSR count). The number of halogens is 1. The minimum atomic E-state index is -0.392. The monoisotopic (exact) mass is 519 g/mol. The molecule has 182 valence electrons. The van der Waals surface area contributed by atoms with Gasteiger partial charge in [0.2, 0.25) is 0 Å². The van der Waals surface area contributed by atoms with Crippen molar-refractivity contribution in [2.24, 2.45) is 5.73 Å². The van der Waals surface area contributed by atoms with Crippen LogP contribution in [0.25, 0.3) is 22.4 Å². The third-order valence-electron chi connectivity index (χ3n) is 5.18. The van der Waals surface area contributed by atoms with E-state index in [4.69, 9.17) is 5.73 Å². The number of rotatable bonds is 7. The van der Waals surface area contributed by atoms with Gasteiger partial charge in [0.1, 0.15) is 17.4 Å². The number of pyridine rings is 1. The molecule has 36 heavy (non-hydrogen) atoms. The number of nitrogens with two attached hydrogens (primary N) is 1. The molecule has 4 aromatic rings. The second-order valence-electron chi connectivity index (χ2n) is 7.46. The van der Waals surface area contributed by atoms with Gasteiger partial charge in [-0.25, -0.2) is 4.98 Å². The molecule has 0 saturated heterocycles. The van der Waals surface area contributed by atoms with Crippen LogP contribution in [-0.4, -0.2) is 35.0 Å². The number of benzene rings is 2. The van der Waals surface area contributed by atoms with Gasteiger partial charge in [0.15, 0.2) is 5.82 Å². The number of para-hydroxylation sites is 1. The molecule has 2 amide bonds. The molecule has 0 atom stereocenters. The molecule has 0 aliphatic heterocycles. The molecule has 0 unspecified atom stereocenters. The van der Waals surface area contributed by atoms with Gasteiger partial charge in [-0.1, -0.05) is 30.3 Å². The van der Waals surface area contributed by atoms with Crippen molar-refractivity contribution < 1.29 is 14.7 Å². The van der Waals surface area contributed by atoms with Gasteiger partial charge in [-0.05, 0) is 47.3 Å². The lowest BCUT2D eigenvalue weighted by atomic mass is 9.97. The van der Waals surface area contributed by atoms with Crippen LogP contribution < -0.4 is 16.4 Å². The largest absolute Gasteiger partial charge is 0.507 e. The number of carbonyl (C=O) groups excluding carboxylic acids is 2. The Morgan fingerprint density at radius 1 is 1.03 bits per heavy atom. The summed E-state index contributed by atoms with van der Waals surface area (Å²) in [4.78, 5) is 30.0. The summed E-state index contributed by atoms with van der Waals surface area (Å²) < 4.78 is 0. The maximum atomic E-state index is 12.8. The SMILES string of the molecule is Cl.N#Cc1c(-c2ccc(C(=O)NCCN)cc2)cc(-c2ccccc2O)nc1NC(=O)c1cccs1. The number of carbonyl (C=O) groups is 2. The summed E-state index contributed by atoms with van der Waals surface area (Å²) in [5.41, 5.74) is 8.01. The van der Waals surface area contributed by atoms with Crippen LogP contribution in [0.3, 0.4) is 0 Å². The second kappa shape index (κ2) is 12.0. The van der Waals surface area contributed by atoms with Crippen LogP contribution in [0, 0.1) is 11.3 Å². The summed E-state index contributed by atoms with van der Waals surface area (Å²) in [5, 5.41) is 27.6. The van der Waals surface area contributed by atoms with E-state index in [0.717, 1.165) is 0 Å². The minimum Gasteiger partial charge on any atom is -0.507 e. The van der Waals surface area contributed by atoms with Crippen molar-refractivity contribution in [3.05, 3.63) is 88.1 Å². The number of amides is 2. The fourth-order valence-corrected chi connectivity index (χ4v) is 4.09. The number of hydrogen-bond acceptors (Lipinski definition) is 7. The van der Waals surface area contributed by atoms with Crippen LogP contribution in [0.5, 0.6) is 5.75 Å². The van der Waals surface area contributed by atoms with Crippen molar-refractivity contribution in [1.29, 1.82) is 5.26 Å². The Morgan fingerprint density at radius 3 is 2.42 bits per heavy atom. The molecule has 2 aromatic carbocycles. The molecule has 5 N–H and O–H groups in total. The van der Waals surface area contributed by atoms with E-state index in [0.29, 0.717) is 45.9 Å². The molecule has 2 aromatic heterocycles. The van der Waals surface area contributed by atoms with Gasteiger partial charge in [0.25, 0.3) is 11.8 Å². The van der Waals surface area contributed by atoms with Crippen molar-refractivity contribution in [2.45, 2.75) is 0 Å². The molecule has 0 aliphatic rings. The zero-order chi connectivity index (χ0) is 24.8. The summed E-state index contributed by atoms with van der Waals surface area (Å²) in [7, 11) is 0. The Balaban J connectivity index is 0.00000361. The van der Waals surface area contributed by atoms with E-state index >= 15 is 0 Å². The normalized spacial score (nSPS) is 10.1. The highest BCUT2D eigenvalue weighted by Gasteiger charge is 2.19. The summed E-state index contributed by atoms with van der Waals surface area (Å²) in [6.07, 6.45) is 0. The Kier molecular flexibility index (Phi) is 8.76. The van der Waals surface area contributed by atoms with Gasteiger partial charge >= 0.3 is 0 Å². The lowest BCUT2D eigenvalue weighted by Gasteiger charge is -2.14. The number of hydrogen-bond donors (Lipinski definition) is 4. The van der Waals surface area contributed by atoms with Crippen molar-refractivity contribution in [3.63, 3.8) is 0 Å². The third-order valence-corrected chi connectivity index (χ3v) is 6.04. The number of aromatic nitrogens is 1. The zero-order valence-electron chi connectivity index (χ0n) is 18.9. The van der Waals surface area contributed by atoms with Crippen molar-refractivity contribution in [3.8, 4) is 34.2 Å². The first-order chi connectivity index (χ1) is 17.0. The fraction of sp³-hybridized carbons (Fsp3) is 0.0769. The molecule has 8 nitrogen and oxygen atoms in total. The molecular weight excluding hydrogens is 498 g/mol. The quantitative estimate of drug-likeness (QED) is 0.285. The molecule has 0 spiro atoms. The Morgan fingerprint density at radius 2 is 1.78 bits per heavy atom. The average molecular weight is 520 g/mol. The van der Waals surface area contributed by atoms with E-state index in [2.05, 4.69) is 21.7 Å². The van der Waals surface area contributed by atoms with Crippen LogP contribution in [0.2, 0.25) is 0 Å². The van der Waals surface area contributed by atoms with Gasteiger partial charge in [-0.2, -0.15) is 5.26 Å². The van der Waals surface area contributed by atoms with Crippen LogP contribution in [0.4, 0.5) is 5.82 Å². The van der Waals surface area contributed by atoms with Crippen molar-refractivity contribution >= 4 is 41.4 Å². The lowest BCUT2D eigenvalue weighted by molar-refractivity contribution is 0.0954. The first kappa shape index (κ1) is 26.4. The average Bonchev–Trinajstić information content (AvgIpc) is 3.42. The van der Waals surface area contributed by atoms with E-state index in [9.17, 15) is 20.0 Å². The molecule has 0 aliphatic carbocycles. The number of phenolic OH excluding ortho intramolecular Hbond substituents is 1. The molecular formula is C26H22ClN5O3S. The number of nitriles is 1. The first-order valence-corrected chi connectivity index (χ1v) is 11.6. The van der Waals surface area contributed by atoms with E-state index < -0.39 is 5.91 Å². The maximum absolute atomic E-state index is 12.8. The molecule has 0 saturated carbocycles. The molecule has 10 heteroatoms. The Hall–Kier alpha value is -4.23. The van der Waals surface area contributed by atoms with Gasteiger partial charge in [0, 0.05) is 29.8 Å². The summed E-state index contributed by atoms with van der Waals surface area (Å²) in [5.74, 6) is -0.558. The standard InChI is InChI=1S/C26H21N5O3S.ClH/c27-11-12-29-25(33)17-9-7-16(8-10-17)19-14-21(18-4-1-2-5-22(18)32)30-24(20(19)15-28)31-26(34)23-6-3-13-35-23;/h1-10,13-14,32H,11-12,27H2,(H,29,33)(H,30,31,34);1H. The predicted octanol–water partition coefficient (Wildman–Crippen LogP) is 4.42. The number of nitrogens with one attached hydrogen (secondary N) is 2. The number of nitrogens with zero attached hydrogens (tertiary/aromatic N) is 2. The number of aromatic hydroxyl groups is 1. The maximum Gasteiger partial charge on any atom is 0.266 e. The second-order valence-corrected chi connectivity index (χ2v) is 8.41. The Labute approximate surface area is 217 Å². The smallest absolute Gasteiger partial charge is 0.266 e. The van der Waals surface area contributed by atoms with Crippen molar-refractivity contribution in [1.82, 2.24) is 10.3 Å². The van der Waals surface area contributed by atoms with Gasteiger partial charge < -0.3 is 21.5 Å². The Bertz CT molecular complexity index is 1420. The van der Waals surface area contributed by atoms with Gasteiger partial charge in [-0.15, -0.1) is 23.7 Å². The highest BCUT2D eigenvalue weighted by molar-refractivity contribution is 7.12. The number of phenols is 1. The highest BCUT2D eigenvalue weighted by atomic mass is 35.5.